The molecule has 1 fully saturated rings. The molecule has 1 atom stereocenters. The SMILES string of the molecule is CCOc1ccc(/C(O)=C2/C(=O)C(=O)N(c3ccc(OC)c(Cl)c3)C2c2cccc(C)c2)c(OCC)c1. The zero-order valence-electron chi connectivity index (χ0n) is 21.1. The van der Waals surface area contributed by atoms with E-state index < -0.39 is 17.7 Å². The van der Waals surface area contributed by atoms with Gasteiger partial charge in [-0.1, -0.05) is 41.4 Å². The van der Waals surface area contributed by atoms with Crippen LogP contribution >= 0.6 is 11.6 Å². The molecule has 0 saturated carbocycles. The number of carbonyl (C=O) groups excluding carboxylic acids is 2. The first-order chi connectivity index (χ1) is 17.8. The number of aliphatic hydroxyl groups is 1. The summed E-state index contributed by atoms with van der Waals surface area (Å²) in [5, 5.41) is 11.8. The van der Waals surface area contributed by atoms with Gasteiger partial charge in [0.2, 0.25) is 0 Å². The Labute approximate surface area is 220 Å². The Kier molecular flexibility index (Phi) is 7.74. The van der Waals surface area contributed by atoms with Crippen molar-refractivity contribution in [1.82, 2.24) is 0 Å². The Bertz CT molecular complexity index is 1380. The van der Waals surface area contributed by atoms with Gasteiger partial charge in [-0.15, -0.1) is 0 Å². The molecule has 0 spiro atoms. The normalized spacial score (nSPS) is 16.7. The molecular weight excluding hydrogens is 494 g/mol. The summed E-state index contributed by atoms with van der Waals surface area (Å²) in [6.07, 6.45) is 0. The van der Waals surface area contributed by atoms with Crippen LogP contribution in [0.15, 0.2) is 66.2 Å². The third-order valence-electron chi connectivity index (χ3n) is 6.03. The smallest absolute Gasteiger partial charge is 0.300 e. The lowest BCUT2D eigenvalue weighted by atomic mass is 9.94. The van der Waals surface area contributed by atoms with Gasteiger partial charge in [-0.2, -0.15) is 0 Å². The second kappa shape index (κ2) is 11.0. The molecule has 7 nitrogen and oxygen atoms in total. The number of amides is 1. The number of hydrogen-bond acceptors (Lipinski definition) is 6. The molecule has 1 aliphatic rings. The van der Waals surface area contributed by atoms with Crippen LogP contribution in [-0.2, 0) is 9.59 Å². The molecule has 1 heterocycles. The van der Waals surface area contributed by atoms with Gasteiger partial charge in [0, 0.05) is 11.8 Å². The zero-order valence-corrected chi connectivity index (χ0v) is 21.8. The number of aryl methyl sites for hydroxylation is 1. The number of anilines is 1. The summed E-state index contributed by atoms with van der Waals surface area (Å²) in [6.45, 7) is 6.38. The van der Waals surface area contributed by atoms with Crippen molar-refractivity contribution in [3.63, 3.8) is 0 Å². The Hall–Kier alpha value is -3.97. The summed E-state index contributed by atoms with van der Waals surface area (Å²) in [5.41, 5.74) is 2.24. The highest BCUT2D eigenvalue weighted by Gasteiger charge is 2.47. The van der Waals surface area contributed by atoms with Crippen molar-refractivity contribution < 1.29 is 28.9 Å². The highest BCUT2D eigenvalue weighted by molar-refractivity contribution is 6.52. The average Bonchev–Trinajstić information content (AvgIpc) is 3.14. The number of Topliss-reactive ketones (excluding diaryl/α,β-unsaturated/α-hetero) is 1. The van der Waals surface area contributed by atoms with Crippen molar-refractivity contribution >= 4 is 34.7 Å². The number of nitrogens with zero attached hydrogens (tertiary/aromatic N) is 1. The van der Waals surface area contributed by atoms with Crippen LogP contribution in [0.5, 0.6) is 17.2 Å². The van der Waals surface area contributed by atoms with Crippen LogP contribution < -0.4 is 19.1 Å². The minimum atomic E-state index is -0.898. The Morgan fingerprint density at radius 1 is 0.973 bits per heavy atom. The van der Waals surface area contributed by atoms with Gasteiger partial charge in [-0.3, -0.25) is 14.5 Å². The first-order valence-electron chi connectivity index (χ1n) is 11.9. The molecule has 0 aliphatic carbocycles. The van der Waals surface area contributed by atoms with Crippen LogP contribution in [0.3, 0.4) is 0 Å². The molecule has 0 aromatic heterocycles. The van der Waals surface area contributed by atoms with Gasteiger partial charge in [0.1, 0.15) is 23.0 Å². The quantitative estimate of drug-likeness (QED) is 0.220. The van der Waals surface area contributed by atoms with Gasteiger partial charge >= 0.3 is 0 Å². The molecule has 4 rings (SSSR count). The van der Waals surface area contributed by atoms with E-state index in [9.17, 15) is 14.7 Å². The molecular formula is C29H28ClNO6. The lowest BCUT2D eigenvalue weighted by molar-refractivity contribution is -0.132. The van der Waals surface area contributed by atoms with Crippen molar-refractivity contribution in [1.29, 1.82) is 0 Å². The number of benzene rings is 3. The van der Waals surface area contributed by atoms with Crippen molar-refractivity contribution in [2.45, 2.75) is 26.8 Å². The number of ether oxygens (including phenoxy) is 3. The van der Waals surface area contributed by atoms with Gasteiger partial charge in [0.05, 0.1) is 42.5 Å². The number of methoxy groups -OCH3 is 1. The second-order valence-electron chi connectivity index (χ2n) is 8.43. The molecule has 0 radical (unpaired) electrons. The summed E-state index contributed by atoms with van der Waals surface area (Å²) in [4.78, 5) is 28.3. The van der Waals surface area contributed by atoms with E-state index in [1.54, 1.807) is 36.4 Å². The maximum atomic E-state index is 13.5. The van der Waals surface area contributed by atoms with E-state index in [1.807, 2.05) is 45.0 Å². The molecule has 192 valence electrons. The highest BCUT2D eigenvalue weighted by Crippen LogP contribution is 2.45. The summed E-state index contributed by atoms with van der Waals surface area (Å²) in [7, 11) is 1.49. The molecule has 1 saturated heterocycles. The fourth-order valence-electron chi connectivity index (χ4n) is 4.43. The summed E-state index contributed by atoms with van der Waals surface area (Å²) < 4.78 is 16.6. The lowest BCUT2D eigenvalue weighted by Crippen LogP contribution is -2.29. The van der Waals surface area contributed by atoms with Crippen LogP contribution in [0.1, 0.15) is 36.6 Å². The monoisotopic (exact) mass is 521 g/mol. The molecule has 37 heavy (non-hydrogen) atoms. The van der Waals surface area contributed by atoms with Gasteiger partial charge in [-0.05, 0) is 56.7 Å². The zero-order chi connectivity index (χ0) is 26.7. The van der Waals surface area contributed by atoms with Gasteiger partial charge < -0.3 is 19.3 Å². The Morgan fingerprint density at radius 3 is 2.38 bits per heavy atom. The van der Waals surface area contributed by atoms with Crippen LogP contribution in [0.25, 0.3) is 5.76 Å². The summed E-state index contributed by atoms with van der Waals surface area (Å²) in [5.74, 6) is -0.590. The number of aliphatic hydroxyl groups excluding tert-OH is 1. The van der Waals surface area contributed by atoms with E-state index in [2.05, 4.69) is 0 Å². The van der Waals surface area contributed by atoms with Crippen molar-refractivity contribution in [2.24, 2.45) is 0 Å². The number of hydrogen-bond donors (Lipinski definition) is 1. The summed E-state index contributed by atoms with van der Waals surface area (Å²) in [6, 6.07) is 16.4. The topological polar surface area (TPSA) is 85.3 Å². The third kappa shape index (κ3) is 5.00. The van der Waals surface area contributed by atoms with Gasteiger partial charge in [0.15, 0.2) is 0 Å². The van der Waals surface area contributed by atoms with Crippen LogP contribution in [-0.4, -0.2) is 37.1 Å². The van der Waals surface area contributed by atoms with Crippen molar-refractivity contribution in [3.05, 3.63) is 87.9 Å². The van der Waals surface area contributed by atoms with Gasteiger partial charge in [0.25, 0.3) is 11.7 Å². The minimum absolute atomic E-state index is 0.0485. The Balaban J connectivity index is 1.95. The Morgan fingerprint density at radius 2 is 1.73 bits per heavy atom. The molecule has 1 N–H and O–H groups in total. The number of carbonyl (C=O) groups is 2. The first kappa shape index (κ1) is 26.1. The standard InChI is InChI=1S/C29H28ClNO6/c1-5-36-20-11-12-21(24(16-20)37-6-2)27(32)25-26(18-9-7-8-17(3)14-18)31(29(34)28(25)33)19-10-13-23(35-4)22(30)15-19/h7-16,26,32H,5-6H2,1-4H3/b27-25-. The molecule has 1 amide bonds. The first-order valence-corrected chi connectivity index (χ1v) is 12.3. The predicted molar refractivity (Wildman–Crippen MR) is 143 cm³/mol. The maximum absolute atomic E-state index is 13.5. The van der Waals surface area contributed by atoms with Crippen molar-refractivity contribution in [3.8, 4) is 17.2 Å². The lowest BCUT2D eigenvalue weighted by Gasteiger charge is -2.26. The predicted octanol–water partition coefficient (Wildman–Crippen LogP) is 6.08. The van der Waals surface area contributed by atoms with E-state index in [4.69, 9.17) is 25.8 Å². The minimum Gasteiger partial charge on any atom is -0.507 e. The fraction of sp³-hybridized carbons (Fsp3) is 0.241. The number of ketones is 1. The average molecular weight is 522 g/mol. The molecule has 8 heteroatoms. The summed E-state index contributed by atoms with van der Waals surface area (Å²) >= 11 is 6.36. The maximum Gasteiger partial charge on any atom is 0.300 e. The fourth-order valence-corrected chi connectivity index (χ4v) is 4.69. The number of halogens is 1. The van der Waals surface area contributed by atoms with Crippen LogP contribution in [0, 0.1) is 6.92 Å². The molecule has 3 aromatic carbocycles. The van der Waals surface area contributed by atoms with E-state index >= 15 is 0 Å². The molecule has 3 aromatic rings. The highest BCUT2D eigenvalue weighted by atomic mass is 35.5. The van der Waals surface area contributed by atoms with E-state index in [0.717, 1.165) is 5.56 Å². The molecule has 0 bridgehead atoms. The van der Waals surface area contributed by atoms with E-state index in [0.29, 0.717) is 41.7 Å². The largest absolute Gasteiger partial charge is 0.507 e. The van der Waals surface area contributed by atoms with Crippen LogP contribution in [0.4, 0.5) is 5.69 Å². The molecule has 1 unspecified atom stereocenters. The molecule has 1 aliphatic heterocycles. The second-order valence-corrected chi connectivity index (χ2v) is 8.83. The van der Waals surface area contributed by atoms with Crippen molar-refractivity contribution in [2.75, 3.05) is 25.2 Å². The third-order valence-corrected chi connectivity index (χ3v) is 6.33. The van der Waals surface area contributed by atoms with Gasteiger partial charge in [-0.25, -0.2) is 0 Å². The van der Waals surface area contributed by atoms with Crippen LogP contribution in [0.2, 0.25) is 5.02 Å². The number of rotatable bonds is 8. The van der Waals surface area contributed by atoms with E-state index in [-0.39, 0.29) is 21.9 Å². The van der Waals surface area contributed by atoms with E-state index in [1.165, 1.54) is 12.0 Å².